The molecular weight excluding hydrogens is 372 g/mol. The maximum Gasteiger partial charge on any atom is 0.272 e. The molecule has 5 nitrogen and oxygen atoms in total. The van der Waals surface area contributed by atoms with Crippen LogP contribution in [0, 0.1) is 0 Å². The van der Waals surface area contributed by atoms with E-state index in [4.69, 9.17) is 9.47 Å². The number of methoxy groups -OCH3 is 1. The van der Waals surface area contributed by atoms with E-state index in [-0.39, 0.29) is 5.91 Å². The predicted octanol–water partition coefficient (Wildman–Crippen LogP) is 5.08. The van der Waals surface area contributed by atoms with Gasteiger partial charge in [0.25, 0.3) is 5.91 Å². The third-order valence-corrected chi connectivity index (χ3v) is 5.47. The summed E-state index contributed by atoms with van der Waals surface area (Å²) < 4.78 is 14.0. The maximum atomic E-state index is 12.8. The van der Waals surface area contributed by atoms with Crippen molar-refractivity contribution in [1.29, 1.82) is 0 Å². The molecule has 0 spiro atoms. The average Bonchev–Trinajstić information content (AvgIpc) is 3.31. The summed E-state index contributed by atoms with van der Waals surface area (Å²) in [6.07, 6.45) is 0. The van der Waals surface area contributed by atoms with Crippen LogP contribution in [0.1, 0.15) is 16.1 Å². The van der Waals surface area contributed by atoms with Gasteiger partial charge in [0.1, 0.15) is 23.8 Å². The molecule has 2 heterocycles. The van der Waals surface area contributed by atoms with E-state index in [2.05, 4.69) is 5.32 Å². The molecular formula is C22H20N2O3S. The lowest BCUT2D eigenvalue weighted by Gasteiger charge is -2.13. The number of aryl methyl sites for hydroxylation is 1. The van der Waals surface area contributed by atoms with Crippen LogP contribution >= 0.6 is 11.3 Å². The number of nitrogens with zero attached hydrogens (tertiary/aromatic N) is 1. The number of carbonyl (C=O) groups is 1. The summed E-state index contributed by atoms with van der Waals surface area (Å²) in [5.74, 6) is 1.38. The van der Waals surface area contributed by atoms with Crippen LogP contribution < -0.4 is 14.8 Å². The minimum Gasteiger partial charge on any atom is -0.497 e. The van der Waals surface area contributed by atoms with Gasteiger partial charge in [0, 0.05) is 18.3 Å². The van der Waals surface area contributed by atoms with Gasteiger partial charge in [-0.25, -0.2) is 0 Å². The van der Waals surface area contributed by atoms with Crippen molar-refractivity contribution < 1.29 is 14.3 Å². The van der Waals surface area contributed by atoms with Gasteiger partial charge >= 0.3 is 0 Å². The van der Waals surface area contributed by atoms with Crippen LogP contribution in [0.15, 0.2) is 66.0 Å². The number of hydrogen-bond donors (Lipinski definition) is 1. The van der Waals surface area contributed by atoms with E-state index < -0.39 is 0 Å². The Kier molecular flexibility index (Phi) is 5.04. The SMILES string of the molecule is COc1ccc(OCc2ccccc2NC(=O)c2cc3sccc3n2C)cc1. The number of amides is 1. The van der Waals surface area contributed by atoms with E-state index in [1.165, 1.54) is 0 Å². The van der Waals surface area contributed by atoms with Crippen LogP contribution in [-0.2, 0) is 13.7 Å². The largest absolute Gasteiger partial charge is 0.497 e. The summed E-state index contributed by atoms with van der Waals surface area (Å²) in [5, 5.41) is 5.04. The highest BCUT2D eigenvalue weighted by atomic mass is 32.1. The van der Waals surface area contributed by atoms with Gasteiger partial charge in [-0.3, -0.25) is 4.79 Å². The molecule has 2 aromatic carbocycles. The molecule has 1 amide bonds. The molecule has 4 rings (SSSR count). The summed E-state index contributed by atoms with van der Waals surface area (Å²) in [5.41, 5.74) is 3.34. The topological polar surface area (TPSA) is 52.5 Å². The van der Waals surface area contributed by atoms with Gasteiger partial charge in [0.05, 0.1) is 17.3 Å². The number of rotatable bonds is 6. The molecule has 4 aromatic rings. The molecule has 2 aromatic heterocycles. The van der Waals surface area contributed by atoms with Crippen molar-refractivity contribution in [3.63, 3.8) is 0 Å². The van der Waals surface area contributed by atoms with Gasteiger partial charge < -0.3 is 19.4 Å². The normalized spacial score (nSPS) is 10.8. The van der Waals surface area contributed by atoms with Gasteiger partial charge in [-0.05, 0) is 47.8 Å². The fraction of sp³-hybridized carbons (Fsp3) is 0.136. The molecule has 1 N–H and O–H groups in total. The molecule has 0 unspecified atom stereocenters. The van der Waals surface area contributed by atoms with Gasteiger partial charge in [-0.15, -0.1) is 11.3 Å². The molecule has 28 heavy (non-hydrogen) atoms. The van der Waals surface area contributed by atoms with Crippen molar-refractivity contribution >= 4 is 33.1 Å². The fourth-order valence-corrected chi connectivity index (χ4v) is 3.90. The molecule has 0 aliphatic carbocycles. The minimum atomic E-state index is -0.136. The van der Waals surface area contributed by atoms with Crippen LogP contribution in [0.2, 0.25) is 0 Å². The van der Waals surface area contributed by atoms with E-state index in [1.54, 1.807) is 18.4 Å². The highest BCUT2D eigenvalue weighted by Crippen LogP contribution is 2.26. The van der Waals surface area contributed by atoms with Gasteiger partial charge in [-0.2, -0.15) is 0 Å². The van der Waals surface area contributed by atoms with Gasteiger partial charge in [0.15, 0.2) is 0 Å². The second-order valence-corrected chi connectivity index (χ2v) is 7.28. The van der Waals surface area contributed by atoms with E-state index in [0.717, 1.165) is 33.0 Å². The van der Waals surface area contributed by atoms with Crippen molar-refractivity contribution in [2.45, 2.75) is 6.61 Å². The maximum absolute atomic E-state index is 12.8. The Hall–Kier alpha value is -3.25. The third kappa shape index (κ3) is 3.59. The van der Waals surface area contributed by atoms with Crippen LogP contribution in [0.3, 0.4) is 0 Å². The molecule has 0 saturated heterocycles. The first-order valence-corrected chi connectivity index (χ1v) is 9.72. The number of fused-ring (bicyclic) bond motifs is 1. The standard InChI is InChI=1S/C22H20N2O3S/c1-24-19-11-12-28-21(19)13-20(24)22(25)23-18-6-4-3-5-15(18)14-27-17-9-7-16(26-2)8-10-17/h3-13H,14H2,1-2H3,(H,23,25). The molecule has 0 aliphatic rings. The summed E-state index contributed by atoms with van der Waals surface area (Å²) in [7, 11) is 3.54. The summed E-state index contributed by atoms with van der Waals surface area (Å²) >= 11 is 1.63. The van der Waals surface area contributed by atoms with Crippen molar-refractivity contribution in [3.05, 3.63) is 77.3 Å². The zero-order chi connectivity index (χ0) is 19.5. The van der Waals surface area contributed by atoms with E-state index in [0.29, 0.717) is 12.3 Å². The van der Waals surface area contributed by atoms with Crippen molar-refractivity contribution in [2.24, 2.45) is 7.05 Å². The second kappa shape index (κ2) is 7.78. The quantitative estimate of drug-likeness (QED) is 0.498. The molecule has 0 aliphatic heterocycles. The number of ether oxygens (including phenoxy) is 2. The number of hydrogen-bond acceptors (Lipinski definition) is 4. The molecule has 0 fully saturated rings. The Morgan fingerprint density at radius 3 is 2.57 bits per heavy atom. The minimum absolute atomic E-state index is 0.136. The zero-order valence-electron chi connectivity index (χ0n) is 15.6. The number of nitrogens with one attached hydrogen (secondary N) is 1. The fourth-order valence-electron chi connectivity index (χ4n) is 3.06. The Morgan fingerprint density at radius 1 is 1.07 bits per heavy atom. The first-order chi connectivity index (χ1) is 13.7. The molecule has 0 radical (unpaired) electrons. The first kappa shape index (κ1) is 18.1. The predicted molar refractivity (Wildman–Crippen MR) is 113 cm³/mol. The molecule has 6 heteroatoms. The third-order valence-electron chi connectivity index (χ3n) is 4.62. The number of aromatic nitrogens is 1. The Balaban J connectivity index is 1.49. The van der Waals surface area contributed by atoms with Crippen LogP contribution in [0.5, 0.6) is 11.5 Å². The Bertz CT molecular complexity index is 1110. The van der Waals surface area contributed by atoms with Crippen molar-refractivity contribution in [2.75, 3.05) is 12.4 Å². The Labute approximate surface area is 167 Å². The number of para-hydroxylation sites is 1. The highest BCUT2D eigenvalue weighted by Gasteiger charge is 2.15. The monoisotopic (exact) mass is 392 g/mol. The first-order valence-electron chi connectivity index (χ1n) is 8.85. The van der Waals surface area contributed by atoms with E-state index in [9.17, 15) is 4.79 Å². The molecule has 0 saturated carbocycles. The summed E-state index contributed by atoms with van der Waals surface area (Å²) in [4.78, 5) is 12.8. The average molecular weight is 392 g/mol. The van der Waals surface area contributed by atoms with Gasteiger partial charge in [-0.1, -0.05) is 18.2 Å². The summed E-state index contributed by atoms with van der Waals surface area (Å²) in [6, 6.07) is 19.0. The molecule has 142 valence electrons. The van der Waals surface area contributed by atoms with Crippen molar-refractivity contribution in [1.82, 2.24) is 4.57 Å². The number of anilines is 1. The number of thiophene rings is 1. The van der Waals surface area contributed by atoms with E-state index >= 15 is 0 Å². The van der Waals surface area contributed by atoms with Crippen LogP contribution in [-0.4, -0.2) is 17.6 Å². The van der Waals surface area contributed by atoms with Gasteiger partial charge in [0.2, 0.25) is 0 Å². The number of carbonyl (C=O) groups excluding carboxylic acids is 1. The van der Waals surface area contributed by atoms with Crippen molar-refractivity contribution in [3.8, 4) is 11.5 Å². The lowest BCUT2D eigenvalue weighted by molar-refractivity contribution is 0.101. The summed E-state index contributed by atoms with van der Waals surface area (Å²) in [6.45, 7) is 0.352. The molecule has 0 bridgehead atoms. The van der Waals surface area contributed by atoms with Crippen LogP contribution in [0.25, 0.3) is 10.2 Å². The van der Waals surface area contributed by atoms with Crippen LogP contribution in [0.4, 0.5) is 5.69 Å². The second-order valence-electron chi connectivity index (χ2n) is 6.33. The zero-order valence-corrected chi connectivity index (χ0v) is 16.5. The lowest BCUT2D eigenvalue weighted by atomic mass is 10.2. The smallest absolute Gasteiger partial charge is 0.272 e. The highest BCUT2D eigenvalue weighted by molar-refractivity contribution is 7.17. The van der Waals surface area contributed by atoms with E-state index in [1.807, 2.05) is 77.7 Å². The number of benzene rings is 2. The molecule has 0 atom stereocenters. The lowest BCUT2D eigenvalue weighted by Crippen LogP contribution is -2.17. The Morgan fingerprint density at radius 2 is 1.82 bits per heavy atom.